The van der Waals surface area contributed by atoms with Gasteiger partial charge in [-0.3, -0.25) is 14.6 Å². The Balaban J connectivity index is 1.89. The molecular weight excluding hydrogens is 290 g/mol. The molecule has 1 aromatic carbocycles. The van der Waals surface area contributed by atoms with Gasteiger partial charge < -0.3 is 10.6 Å². The molecule has 118 valence electrons. The molecule has 2 heterocycles. The van der Waals surface area contributed by atoms with Crippen LogP contribution in [0.2, 0.25) is 0 Å². The van der Waals surface area contributed by atoms with E-state index in [1.165, 1.54) is 17.3 Å². The van der Waals surface area contributed by atoms with E-state index in [1.807, 2.05) is 24.0 Å². The van der Waals surface area contributed by atoms with Crippen molar-refractivity contribution in [3.63, 3.8) is 0 Å². The van der Waals surface area contributed by atoms with Crippen LogP contribution < -0.4 is 5.73 Å². The molecule has 2 aromatic rings. The van der Waals surface area contributed by atoms with Crippen molar-refractivity contribution in [3.8, 4) is 0 Å². The quantitative estimate of drug-likeness (QED) is 0.922. The van der Waals surface area contributed by atoms with E-state index in [0.717, 1.165) is 6.42 Å². The van der Waals surface area contributed by atoms with Crippen LogP contribution in [0.3, 0.4) is 0 Å². The minimum Gasteiger partial charge on any atom is -0.366 e. The molecule has 0 saturated carbocycles. The average molecular weight is 309 g/mol. The van der Waals surface area contributed by atoms with E-state index in [1.54, 1.807) is 13.0 Å². The second-order valence-corrected chi connectivity index (χ2v) is 6.00. The van der Waals surface area contributed by atoms with Crippen molar-refractivity contribution in [2.45, 2.75) is 32.9 Å². The molecule has 1 aliphatic heterocycles. The lowest BCUT2D eigenvalue weighted by Crippen LogP contribution is -2.42. The number of carbonyl (C=O) groups excluding carboxylic acids is 2. The van der Waals surface area contributed by atoms with Crippen LogP contribution in [0.15, 0.2) is 36.5 Å². The lowest BCUT2D eigenvalue weighted by molar-refractivity contribution is 0.0651. The number of carbonyl (C=O) groups is 2. The summed E-state index contributed by atoms with van der Waals surface area (Å²) in [4.78, 5) is 30.0. The van der Waals surface area contributed by atoms with E-state index in [0.29, 0.717) is 23.4 Å². The van der Waals surface area contributed by atoms with Crippen molar-refractivity contribution >= 4 is 11.8 Å². The number of aromatic nitrogens is 1. The Labute approximate surface area is 135 Å². The predicted molar refractivity (Wildman–Crippen MR) is 87.0 cm³/mol. The van der Waals surface area contributed by atoms with E-state index in [-0.39, 0.29) is 11.9 Å². The third-order valence-corrected chi connectivity index (χ3v) is 4.36. The minimum absolute atomic E-state index is 0.107. The zero-order valence-electron chi connectivity index (χ0n) is 13.2. The fraction of sp³-hybridized carbons (Fsp3) is 0.278. The lowest BCUT2D eigenvalue weighted by atomic mass is 9.94. The topological polar surface area (TPSA) is 76.3 Å². The summed E-state index contributed by atoms with van der Waals surface area (Å²) in [6.45, 7) is 4.38. The number of aryl methyl sites for hydroxylation is 1. The summed E-state index contributed by atoms with van der Waals surface area (Å²) < 4.78 is 0. The van der Waals surface area contributed by atoms with Crippen molar-refractivity contribution in [2.75, 3.05) is 0 Å². The van der Waals surface area contributed by atoms with Gasteiger partial charge in [-0.1, -0.05) is 24.3 Å². The molecule has 3 rings (SSSR count). The number of hydrogen-bond acceptors (Lipinski definition) is 3. The van der Waals surface area contributed by atoms with Crippen molar-refractivity contribution in [2.24, 2.45) is 5.73 Å². The minimum atomic E-state index is -0.533. The molecule has 2 N–H and O–H groups in total. The molecule has 5 nitrogen and oxygen atoms in total. The molecule has 23 heavy (non-hydrogen) atoms. The van der Waals surface area contributed by atoms with Crippen LogP contribution in [0.1, 0.15) is 44.5 Å². The van der Waals surface area contributed by atoms with E-state index in [2.05, 4.69) is 17.1 Å². The lowest BCUT2D eigenvalue weighted by Gasteiger charge is -2.34. The zero-order valence-corrected chi connectivity index (χ0v) is 13.2. The van der Waals surface area contributed by atoms with Crippen molar-refractivity contribution in [3.05, 3.63) is 64.5 Å². The molecule has 1 atom stereocenters. The van der Waals surface area contributed by atoms with Gasteiger partial charge in [0.05, 0.1) is 5.56 Å². The number of amides is 2. The van der Waals surface area contributed by atoms with Gasteiger partial charge in [-0.2, -0.15) is 0 Å². The molecular formula is C18H19N3O2. The molecule has 5 heteroatoms. The maximum atomic E-state index is 12.8. The molecule has 2 amide bonds. The molecule has 0 fully saturated rings. The molecule has 1 aliphatic rings. The SMILES string of the molecule is Cc1cc(C(=O)N2Cc3ccccc3CC2C)ncc1C(N)=O. The van der Waals surface area contributed by atoms with Crippen molar-refractivity contribution < 1.29 is 9.59 Å². The van der Waals surface area contributed by atoms with Gasteiger partial charge in [0.25, 0.3) is 11.8 Å². The fourth-order valence-electron chi connectivity index (χ4n) is 3.03. The summed E-state index contributed by atoms with van der Waals surface area (Å²) in [6.07, 6.45) is 2.22. The highest BCUT2D eigenvalue weighted by Gasteiger charge is 2.28. The average Bonchev–Trinajstić information content (AvgIpc) is 2.53. The third kappa shape index (κ3) is 2.82. The number of fused-ring (bicyclic) bond motifs is 1. The number of benzene rings is 1. The highest BCUT2D eigenvalue weighted by atomic mass is 16.2. The van der Waals surface area contributed by atoms with Crippen LogP contribution in [0.25, 0.3) is 0 Å². The van der Waals surface area contributed by atoms with Gasteiger partial charge in [-0.05, 0) is 43.0 Å². The number of rotatable bonds is 2. The summed E-state index contributed by atoms with van der Waals surface area (Å²) in [5.74, 6) is -0.652. The summed E-state index contributed by atoms with van der Waals surface area (Å²) >= 11 is 0. The second kappa shape index (κ2) is 5.83. The highest BCUT2D eigenvalue weighted by molar-refractivity contribution is 5.96. The molecule has 1 aromatic heterocycles. The van der Waals surface area contributed by atoms with Gasteiger partial charge >= 0.3 is 0 Å². The zero-order chi connectivity index (χ0) is 16.6. The monoisotopic (exact) mass is 309 g/mol. The molecule has 1 unspecified atom stereocenters. The molecule has 0 aliphatic carbocycles. The van der Waals surface area contributed by atoms with Gasteiger partial charge in [-0.15, -0.1) is 0 Å². The third-order valence-electron chi connectivity index (χ3n) is 4.36. The second-order valence-electron chi connectivity index (χ2n) is 6.00. The van der Waals surface area contributed by atoms with E-state index in [4.69, 9.17) is 5.73 Å². The van der Waals surface area contributed by atoms with Crippen molar-refractivity contribution in [1.29, 1.82) is 0 Å². The Morgan fingerprint density at radius 2 is 1.96 bits per heavy atom. The Hall–Kier alpha value is -2.69. The van der Waals surface area contributed by atoms with Gasteiger partial charge in [-0.25, -0.2) is 0 Å². The number of primary amides is 1. The molecule has 0 radical (unpaired) electrons. The highest BCUT2D eigenvalue weighted by Crippen LogP contribution is 2.24. The van der Waals surface area contributed by atoms with Crippen LogP contribution in [0, 0.1) is 6.92 Å². The van der Waals surface area contributed by atoms with E-state index in [9.17, 15) is 9.59 Å². The predicted octanol–water partition coefficient (Wildman–Crippen LogP) is 2.08. The van der Waals surface area contributed by atoms with Crippen LogP contribution in [-0.4, -0.2) is 27.7 Å². The Kier molecular flexibility index (Phi) is 3.86. The van der Waals surface area contributed by atoms with Gasteiger partial charge in [0.2, 0.25) is 0 Å². The first-order valence-electron chi connectivity index (χ1n) is 7.61. The van der Waals surface area contributed by atoms with Crippen molar-refractivity contribution in [1.82, 2.24) is 9.88 Å². The van der Waals surface area contributed by atoms with Gasteiger partial charge in [0.15, 0.2) is 0 Å². The van der Waals surface area contributed by atoms with Crippen LogP contribution in [0.5, 0.6) is 0 Å². The van der Waals surface area contributed by atoms with E-state index < -0.39 is 5.91 Å². The maximum absolute atomic E-state index is 12.8. The van der Waals surface area contributed by atoms with Crippen LogP contribution >= 0.6 is 0 Å². The van der Waals surface area contributed by atoms with Crippen LogP contribution in [0.4, 0.5) is 0 Å². The largest absolute Gasteiger partial charge is 0.366 e. The number of nitrogens with two attached hydrogens (primary N) is 1. The molecule has 0 spiro atoms. The first-order chi connectivity index (χ1) is 11.0. The number of pyridine rings is 1. The Morgan fingerprint density at radius 1 is 1.26 bits per heavy atom. The first kappa shape index (κ1) is 15.2. The van der Waals surface area contributed by atoms with Gasteiger partial charge in [0.1, 0.15) is 5.69 Å². The Bertz CT molecular complexity index is 786. The molecule has 0 bridgehead atoms. The summed E-state index contributed by atoms with van der Waals surface area (Å²) in [7, 11) is 0. The number of hydrogen-bond donors (Lipinski definition) is 1. The summed E-state index contributed by atoms with van der Waals surface area (Å²) in [5.41, 5.74) is 9.10. The van der Waals surface area contributed by atoms with E-state index >= 15 is 0 Å². The summed E-state index contributed by atoms with van der Waals surface area (Å²) in [6, 6.07) is 9.91. The standard InChI is InChI=1S/C18H19N3O2/c1-11-7-16(20-9-15(11)17(19)22)18(23)21-10-14-6-4-3-5-13(14)8-12(21)2/h3-7,9,12H,8,10H2,1-2H3,(H2,19,22). The first-order valence-corrected chi connectivity index (χ1v) is 7.61. The maximum Gasteiger partial charge on any atom is 0.273 e. The van der Waals surface area contributed by atoms with Crippen LogP contribution in [-0.2, 0) is 13.0 Å². The smallest absolute Gasteiger partial charge is 0.273 e. The summed E-state index contributed by atoms with van der Waals surface area (Å²) in [5, 5.41) is 0. The Morgan fingerprint density at radius 3 is 2.61 bits per heavy atom. The normalized spacial score (nSPS) is 16.8. The molecule has 0 saturated heterocycles. The fourth-order valence-corrected chi connectivity index (χ4v) is 3.03. The number of nitrogens with zero attached hydrogens (tertiary/aromatic N) is 2. The van der Waals surface area contributed by atoms with Gasteiger partial charge in [0, 0.05) is 18.8 Å².